The molecule has 9 heteroatoms. The van der Waals surface area contributed by atoms with Gasteiger partial charge >= 0.3 is 6.18 Å². The lowest BCUT2D eigenvalue weighted by molar-refractivity contribution is -0.137. The molecule has 3 aromatic carbocycles. The third-order valence-corrected chi connectivity index (χ3v) is 5.44. The molecule has 0 saturated carbocycles. The maximum atomic E-state index is 12.7. The molecule has 3 aromatic rings. The Morgan fingerprint density at radius 1 is 0.811 bits per heavy atom. The van der Waals surface area contributed by atoms with Gasteiger partial charge in [0.1, 0.15) is 23.4 Å². The number of ketones is 1. The Labute approximate surface area is 213 Å². The smallest absolute Gasteiger partial charge is 0.416 e. The molecule has 0 amide bonds. The van der Waals surface area contributed by atoms with Gasteiger partial charge in [0.2, 0.25) is 0 Å². The van der Waals surface area contributed by atoms with Crippen molar-refractivity contribution in [1.82, 2.24) is 0 Å². The van der Waals surface area contributed by atoms with Gasteiger partial charge in [0.25, 0.3) is 0 Å². The summed E-state index contributed by atoms with van der Waals surface area (Å²) in [4.78, 5) is 11.6. The Kier molecular flexibility index (Phi) is 9.79. The lowest BCUT2D eigenvalue weighted by Gasteiger charge is -2.15. The lowest BCUT2D eigenvalue weighted by atomic mass is 10.0. The molecule has 1 atom stereocenters. The average molecular weight is 519 g/mol. The summed E-state index contributed by atoms with van der Waals surface area (Å²) in [5, 5.41) is 0. The SMILES string of the molecule is COc1cc(C[C@H](OC)C(C)=O)ccc1OCCCOc1ccc(Oc2ccc(C(F)(F)F)cc2)cc1. The Bertz CT molecular complexity index is 1140. The second-order valence-electron chi connectivity index (χ2n) is 8.17. The zero-order valence-corrected chi connectivity index (χ0v) is 20.8. The second-order valence-corrected chi connectivity index (χ2v) is 8.17. The van der Waals surface area contributed by atoms with E-state index in [2.05, 4.69) is 0 Å². The van der Waals surface area contributed by atoms with E-state index >= 15 is 0 Å². The van der Waals surface area contributed by atoms with Crippen molar-refractivity contribution in [2.24, 2.45) is 0 Å². The van der Waals surface area contributed by atoms with Crippen LogP contribution in [0.3, 0.4) is 0 Å². The minimum atomic E-state index is -4.38. The largest absolute Gasteiger partial charge is 0.493 e. The van der Waals surface area contributed by atoms with Crippen molar-refractivity contribution in [1.29, 1.82) is 0 Å². The standard InChI is InChI=1S/C28H29F3O6/c1-19(32)26(33-2)17-20-5-14-25(27(18-20)34-3)36-16-4-15-35-22-10-12-24(13-11-22)37-23-8-6-21(7-9-23)28(29,30)31/h5-14,18,26H,4,15-17H2,1-3H3/t26-/m0/s1. The van der Waals surface area contributed by atoms with Gasteiger partial charge in [-0.3, -0.25) is 4.79 Å². The number of hydrogen-bond donors (Lipinski definition) is 0. The fourth-order valence-electron chi connectivity index (χ4n) is 3.45. The molecular formula is C28H29F3O6. The number of hydrogen-bond acceptors (Lipinski definition) is 6. The van der Waals surface area contributed by atoms with E-state index in [1.54, 1.807) is 37.4 Å². The Hall–Kier alpha value is -3.72. The zero-order chi connectivity index (χ0) is 26.8. The topological polar surface area (TPSA) is 63.2 Å². The zero-order valence-electron chi connectivity index (χ0n) is 20.8. The van der Waals surface area contributed by atoms with Crippen molar-refractivity contribution in [3.8, 4) is 28.7 Å². The first-order valence-corrected chi connectivity index (χ1v) is 11.6. The summed E-state index contributed by atoms with van der Waals surface area (Å²) in [7, 11) is 3.06. The monoisotopic (exact) mass is 518 g/mol. The van der Waals surface area contributed by atoms with Gasteiger partial charge in [-0.2, -0.15) is 13.2 Å². The number of methoxy groups -OCH3 is 2. The minimum absolute atomic E-state index is 0.0388. The first kappa shape index (κ1) is 27.9. The summed E-state index contributed by atoms with van der Waals surface area (Å²) in [6.07, 6.45) is -3.82. The normalized spacial score (nSPS) is 12.1. The van der Waals surface area contributed by atoms with Crippen LogP contribution in [0.4, 0.5) is 13.2 Å². The second kappa shape index (κ2) is 13.0. The van der Waals surface area contributed by atoms with Crippen molar-refractivity contribution < 1.29 is 41.7 Å². The van der Waals surface area contributed by atoms with Crippen LogP contribution >= 0.6 is 0 Å². The predicted molar refractivity (Wildman–Crippen MR) is 132 cm³/mol. The van der Waals surface area contributed by atoms with Crippen LogP contribution in [0.15, 0.2) is 66.7 Å². The van der Waals surface area contributed by atoms with Gasteiger partial charge in [-0.25, -0.2) is 0 Å². The van der Waals surface area contributed by atoms with Crippen molar-refractivity contribution >= 4 is 5.78 Å². The van der Waals surface area contributed by atoms with E-state index in [-0.39, 0.29) is 5.78 Å². The van der Waals surface area contributed by atoms with Gasteiger partial charge in [-0.1, -0.05) is 6.07 Å². The van der Waals surface area contributed by atoms with Gasteiger partial charge in [0.05, 0.1) is 25.9 Å². The van der Waals surface area contributed by atoms with Crippen LogP contribution in [0, 0.1) is 0 Å². The highest BCUT2D eigenvalue weighted by atomic mass is 19.4. The quantitative estimate of drug-likeness (QED) is 0.241. The van der Waals surface area contributed by atoms with Gasteiger partial charge in [-0.05, 0) is 73.2 Å². The van der Waals surface area contributed by atoms with Crippen molar-refractivity contribution in [3.63, 3.8) is 0 Å². The number of ether oxygens (including phenoxy) is 5. The molecule has 0 aliphatic rings. The molecule has 3 rings (SSSR count). The van der Waals surface area contributed by atoms with E-state index in [1.165, 1.54) is 26.2 Å². The fourth-order valence-corrected chi connectivity index (χ4v) is 3.45. The van der Waals surface area contributed by atoms with Crippen LogP contribution in [0.1, 0.15) is 24.5 Å². The molecule has 0 bridgehead atoms. The molecule has 37 heavy (non-hydrogen) atoms. The number of carbonyl (C=O) groups is 1. The summed E-state index contributed by atoms with van der Waals surface area (Å²) in [5.41, 5.74) is 0.174. The van der Waals surface area contributed by atoms with Gasteiger partial charge in [-0.15, -0.1) is 0 Å². The molecular weight excluding hydrogens is 489 g/mol. The first-order valence-electron chi connectivity index (χ1n) is 11.6. The van der Waals surface area contributed by atoms with Crippen LogP contribution in [0.25, 0.3) is 0 Å². The van der Waals surface area contributed by atoms with Crippen LogP contribution in [0.5, 0.6) is 28.7 Å². The summed E-state index contributed by atoms with van der Waals surface area (Å²) in [6, 6.07) is 16.8. The van der Waals surface area contributed by atoms with Gasteiger partial charge in [0.15, 0.2) is 17.3 Å². The Morgan fingerprint density at radius 2 is 1.41 bits per heavy atom. The molecule has 0 aliphatic carbocycles. The summed E-state index contributed by atoms with van der Waals surface area (Å²) < 4.78 is 65.8. The molecule has 0 radical (unpaired) electrons. The molecule has 0 saturated heterocycles. The lowest BCUT2D eigenvalue weighted by Crippen LogP contribution is -2.22. The van der Waals surface area contributed by atoms with Crippen molar-refractivity contribution in [3.05, 3.63) is 77.9 Å². The number of Topliss-reactive ketones (excluding diaryl/α,β-unsaturated/α-hetero) is 1. The van der Waals surface area contributed by atoms with Crippen LogP contribution in [0.2, 0.25) is 0 Å². The van der Waals surface area contributed by atoms with E-state index in [9.17, 15) is 18.0 Å². The molecule has 6 nitrogen and oxygen atoms in total. The maximum absolute atomic E-state index is 12.7. The molecule has 198 valence electrons. The van der Waals surface area contributed by atoms with E-state index in [1.807, 2.05) is 12.1 Å². The van der Waals surface area contributed by atoms with E-state index in [4.69, 9.17) is 23.7 Å². The number of rotatable bonds is 13. The molecule has 0 aliphatic heterocycles. The van der Waals surface area contributed by atoms with Gasteiger partial charge < -0.3 is 23.7 Å². The number of halogens is 3. The Morgan fingerprint density at radius 3 is 1.97 bits per heavy atom. The van der Waals surface area contributed by atoms with Crippen molar-refractivity contribution in [2.75, 3.05) is 27.4 Å². The summed E-state index contributed by atoms with van der Waals surface area (Å²) in [5.74, 6) is 2.53. The predicted octanol–water partition coefficient (Wildman–Crippen LogP) is 6.50. The van der Waals surface area contributed by atoms with E-state index in [0.717, 1.165) is 17.7 Å². The molecule has 0 unspecified atom stereocenters. The number of benzene rings is 3. The molecule has 0 fully saturated rings. The fraction of sp³-hybridized carbons (Fsp3) is 0.321. The molecule has 0 N–H and O–H groups in total. The third-order valence-electron chi connectivity index (χ3n) is 5.44. The highest BCUT2D eigenvalue weighted by Crippen LogP contribution is 2.32. The molecule has 0 heterocycles. The van der Waals surface area contributed by atoms with Gasteiger partial charge in [0, 0.05) is 20.0 Å². The first-order chi connectivity index (χ1) is 17.7. The highest BCUT2D eigenvalue weighted by Gasteiger charge is 2.30. The van der Waals surface area contributed by atoms with Crippen molar-refractivity contribution in [2.45, 2.75) is 32.0 Å². The van der Waals surface area contributed by atoms with Crippen LogP contribution < -0.4 is 18.9 Å². The summed E-state index contributed by atoms with van der Waals surface area (Å²) >= 11 is 0. The minimum Gasteiger partial charge on any atom is -0.493 e. The summed E-state index contributed by atoms with van der Waals surface area (Å²) in [6.45, 7) is 2.31. The average Bonchev–Trinajstić information content (AvgIpc) is 2.88. The maximum Gasteiger partial charge on any atom is 0.416 e. The third kappa shape index (κ3) is 8.42. The Balaban J connectivity index is 1.43. The molecule has 0 aromatic heterocycles. The highest BCUT2D eigenvalue weighted by molar-refractivity contribution is 5.80. The van der Waals surface area contributed by atoms with Crippen LogP contribution in [-0.2, 0) is 22.1 Å². The number of carbonyl (C=O) groups excluding carboxylic acids is 1. The van der Waals surface area contributed by atoms with E-state index < -0.39 is 17.8 Å². The number of alkyl halides is 3. The molecule has 0 spiro atoms. The van der Waals surface area contributed by atoms with E-state index in [0.29, 0.717) is 54.8 Å². The van der Waals surface area contributed by atoms with Crippen LogP contribution in [-0.4, -0.2) is 39.3 Å².